The smallest absolute Gasteiger partial charge is 0.327 e. The largest absolute Gasteiger partial charge is 0.481 e. The molecule has 16 heavy (non-hydrogen) atoms. The van der Waals surface area contributed by atoms with E-state index in [1.165, 1.54) is 6.92 Å². The first-order valence-corrected chi connectivity index (χ1v) is 5.12. The predicted molar refractivity (Wildman–Crippen MR) is 58.6 cm³/mol. The molecule has 4 N–H and O–H groups in total. The van der Waals surface area contributed by atoms with Gasteiger partial charge in [-0.25, -0.2) is 9.59 Å². The van der Waals surface area contributed by atoms with Crippen LogP contribution in [-0.2, 0) is 9.59 Å². The van der Waals surface area contributed by atoms with Gasteiger partial charge >= 0.3 is 18.0 Å². The number of aliphatic carboxylic acids is 2. The maximum absolute atomic E-state index is 11.1. The number of amides is 2. The van der Waals surface area contributed by atoms with Gasteiger partial charge in [0, 0.05) is 12.3 Å². The maximum atomic E-state index is 11.1. The Morgan fingerprint density at radius 3 is 2.19 bits per heavy atom. The molecule has 0 saturated carbocycles. The number of carbonyl (C=O) groups excluding carboxylic acids is 1. The van der Waals surface area contributed by atoms with Crippen LogP contribution in [0.5, 0.6) is 0 Å². The molecular formula is C8H14N2O5S. The number of rotatable bonds is 6. The normalized spacial score (nSPS) is 13.6. The Balaban J connectivity index is 3.99. The minimum Gasteiger partial charge on any atom is -0.481 e. The van der Waals surface area contributed by atoms with E-state index in [4.69, 9.17) is 10.2 Å². The topological polar surface area (TPSA) is 116 Å². The van der Waals surface area contributed by atoms with Crippen molar-refractivity contribution in [1.29, 1.82) is 0 Å². The Bertz CT molecular complexity index is 284. The summed E-state index contributed by atoms with van der Waals surface area (Å²) >= 11 is 3.75. The molecule has 0 heterocycles. The highest BCUT2D eigenvalue weighted by atomic mass is 32.1. The fourth-order valence-corrected chi connectivity index (χ4v) is 0.975. The lowest BCUT2D eigenvalue weighted by Gasteiger charge is -2.13. The molecule has 0 aliphatic heterocycles. The van der Waals surface area contributed by atoms with E-state index in [9.17, 15) is 14.4 Å². The van der Waals surface area contributed by atoms with Gasteiger partial charge in [-0.15, -0.1) is 0 Å². The van der Waals surface area contributed by atoms with E-state index in [0.29, 0.717) is 0 Å². The molecule has 0 aliphatic carbocycles. The van der Waals surface area contributed by atoms with Gasteiger partial charge in [0.2, 0.25) is 0 Å². The number of hydrogen-bond donors (Lipinski definition) is 5. The van der Waals surface area contributed by atoms with Gasteiger partial charge in [-0.2, -0.15) is 12.6 Å². The average molecular weight is 250 g/mol. The van der Waals surface area contributed by atoms with E-state index >= 15 is 0 Å². The van der Waals surface area contributed by atoms with Crippen LogP contribution in [0, 0.1) is 5.92 Å². The van der Waals surface area contributed by atoms with Crippen molar-refractivity contribution in [1.82, 2.24) is 10.6 Å². The number of carboxylic acids is 2. The summed E-state index contributed by atoms with van der Waals surface area (Å²) in [4.78, 5) is 32.1. The van der Waals surface area contributed by atoms with Gasteiger partial charge in [-0.1, -0.05) is 6.92 Å². The molecule has 0 saturated heterocycles. The predicted octanol–water partition coefficient (Wildman–Crippen LogP) is -0.611. The fraction of sp³-hybridized carbons (Fsp3) is 0.625. The summed E-state index contributed by atoms with van der Waals surface area (Å²) in [6.07, 6.45) is 0. The van der Waals surface area contributed by atoms with Crippen LogP contribution in [0.25, 0.3) is 0 Å². The van der Waals surface area contributed by atoms with Gasteiger partial charge in [0.1, 0.15) is 6.04 Å². The van der Waals surface area contributed by atoms with Crippen LogP contribution in [0.3, 0.4) is 0 Å². The molecule has 0 unspecified atom stereocenters. The summed E-state index contributed by atoms with van der Waals surface area (Å²) in [6.45, 7) is 1.36. The zero-order chi connectivity index (χ0) is 12.7. The van der Waals surface area contributed by atoms with Crippen molar-refractivity contribution in [2.75, 3.05) is 12.3 Å². The van der Waals surface area contributed by atoms with Gasteiger partial charge < -0.3 is 20.8 Å². The van der Waals surface area contributed by atoms with Crippen molar-refractivity contribution in [2.45, 2.75) is 13.0 Å². The molecule has 0 fully saturated rings. The molecule has 0 bridgehead atoms. The zero-order valence-electron chi connectivity index (χ0n) is 8.64. The SMILES string of the molecule is C[C@@H](CNC(=O)N[C@@H](CS)C(=O)O)C(=O)O. The van der Waals surface area contributed by atoms with Gasteiger partial charge in [0.25, 0.3) is 0 Å². The van der Waals surface area contributed by atoms with Gasteiger partial charge in [0.15, 0.2) is 0 Å². The van der Waals surface area contributed by atoms with Crippen molar-refractivity contribution in [3.63, 3.8) is 0 Å². The first-order chi connectivity index (χ1) is 7.38. The number of urea groups is 1. The third kappa shape index (κ3) is 5.44. The molecule has 2 amide bonds. The molecular weight excluding hydrogens is 236 g/mol. The van der Waals surface area contributed by atoms with Crippen LogP contribution in [0.15, 0.2) is 0 Å². The van der Waals surface area contributed by atoms with Gasteiger partial charge in [-0.05, 0) is 0 Å². The lowest BCUT2D eigenvalue weighted by atomic mass is 10.2. The second kappa shape index (κ2) is 6.94. The first kappa shape index (κ1) is 14.6. The zero-order valence-corrected chi connectivity index (χ0v) is 9.53. The van der Waals surface area contributed by atoms with E-state index < -0.39 is 29.9 Å². The molecule has 92 valence electrons. The molecule has 8 heteroatoms. The summed E-state index contributed by atoms with van der Waals surface area (Å²) in [6, 6.07) is -1.82. The number of carboxylic acid groups (broad SMARTS) is 2. The van der Waals surface area contributed by atoms with Gasteiger partial charge in [0.05, 0.1) is 5.92 Å². The molecule has 0 aromatic carbocycles. The molecule has 2 atom stereocenters. The van der Waals surface area contributed by atoms with Gasteiger partial charge in [-0.3, -0.25) is 4.79 Å². The van der Waals surface area contributed by atoms with Crippen LogP contribution >= 0.6 is 12.6 Å². The minimum absolute atomic E-state index is 0.0444. The van der Waals surface area contributed by atoms with E-state index in [1.54, 1.807) is 0 Å². The van der Waals surface area contributed by atoms with E-state index in [0.717, 1.165) is 0 Å². The van der Waals surface area contributed by atoms with Crippen LogP contribution in [0.4, 0.5) is 4.79 Å². The second-order valence-corrected chi connectivity index (χ2v) is 3.53. The number of thiol groups is 1. The Kier molecular flexibility index (Phi) is 6.31. The third-order valence-electron chi connectivity index (χ3n) is 1.78. The minimum atomic E-state index is -1.20. The Morgan fingerprint density at radius 1 is 1.25 bits per heavy atom. The fourth-order valence-electron chi connectivity index (χ4n) is 0.728. The van der Waals surface area contributed by atoms with Crippen LogP contribution in [-0.4, -0.2) is 46.5 Å². The molecule has 7 nitrogen and oxygen atoms in total. The summed E-state index contributed by atoms with van der Waals surface area (Å²) in [7, 11) is 0. The molecule has 0 spiro atoms. The third-order valence-corrected chi connectivity index (χ3v) is 2.14. The summed E-state index contributed by atoms with van der Waals surface area (Å²) in [5, 5.41) is 21.5. The highest BCUT2D eigenvalue weighted by molar-refractivity contribution is 7.80. The Hall–Kier alpha value is -1.44. The first-order valence-electron chi connectivity index (χ1n) is 4.49. The number of carbonyl (C=O) groups is 3. The highest BCUT2D eigenvalue weighted by Crippen LogP contribution is 1.92. The quantitative estimate of drug-likeness (QED) is 0.403. The van der Waals surface area contributed by atoms with E-state index in [2.05, 4.69) is 23.3 Å². The lowest BCUT2D eigenvalue weighted by molar-refractivity contribution is -0.141. The molecule has 0 aromatic heterocycles. The molecule has 0 radical (unpaired) electrons. The maximum Gasteiger partial charge on any atom is 0.327 e. The second-order valence-electron chi connectivity index (χ2n) is 3.17. The Morgan fingerprint density at radius 2 is 1.81 bits per heavy atom. The average Bonchev–Trinajstić information content (AvgIpc) is 2.21. The van der Waals surface area contributed by atoms with Crippen LogP contribution in [0.2, 0.25) is 0 Å². The van der Waals surface area contributed by atoms with Crippen LogP contribution in [0.1, 0.15) is 6.92 Å². The molecule has 0 aliphatic rings. The van der Waals surface area contributed by atoms with Crippen molar-refractivity contribution in [3.8, 4) is 0 Å². The standard InChI is InChI=1S/C8H14N2O5S/c1-4(6(11)12)2-9-8(15)10-5(3-16)7(13)14/h4-5,16H,2-3H2,1H3,(H,11,12)(H,13,14)(H2,9,10,15)/t4-,5-/m0/s1. The molecule has 0 aromatic rings. The lowest BCUT2D eigenvalue weighted by Crippen LogP contribution is -2.48. The molecule has 0 rings (SSSR count). The Labute approximate surface area is 97.6 Å². The van der Waals surface area contributed by atoms with E-state index in [1.807, 2.05) is 0 Å². The van der Waals surface area contributed by atoms with Crippen molar-refractivity contribution >= 4 is 30.6 Å². The number of hydrogen-bond acceptors (Lipinski definition) is 4. The summed E-state index contributed by atoms with van der Waals surface area (Å²) < 4.78 is 0. The summed E-state index contributed by atoms with van der Waals surface area (Å²) in [5.74, 6) is -3.01. The summed E-state index contributed by atoms with van der Waals surface area (Å²) in [5.41, 5.74) is 0. The van der Waals surface area contributed by atoms with Crippen molar-refractivity contribution in [3.05, 3.63) is 0 Å². The van der Waals surface area contributed by atoms with E-state index in [-0.39, 0.29) is 12.3 Å². The van der Waals surface area contributed by atoms with Crippen molar-refractivity contribution < 1.29 is 24.6 Å². The monoisotopic (exact) mass is 250 g/mol. The van der Waals surface area contributed by atoms with Crippen molar-refractivity contribution in [2.24, 2.45) is 5.92 Å². The van der Waals surface area contributed by atoms with Crippen LogP contribution < -0.4 is 10.6 Å². The highest BCUT2D eigenvalue weighted by Gasteiger charge is 2.18. The number of nitrogens with one attached hydrogen (secondary N) is 2.